The van der Waals surface area contributed by atoms with Gasteiger partial charge in [0.05, 0.1) is 12.9 Å². The van der Waals surface area contributed by atoms with Crippen molar-refractivity contribution in [3.63, 3.8) is 0 Å². The molecule has 0 saturated heterocycles. The summed E-state index contributed by atoms with van der Waals surface area (Å²) in [4.78, 5) is 18.0. The minimum absolute atomic E-state index is 0.0344. The molecule has 0 atom stereocenters. The van der Waals surface area contributed by atoms with Crippen molar-refractivity contribution in [2.75, 3.05) is 18.5 Å². The zero-order valence-corrected chi connectivity index (χ0v) is 11.7. The van der Waals surface area contributed by atoms with Crippen LogP contribution < -0.4 is 10.9 Å². The quantitative estimate of drug-likeness (QED) is 0.717. The normalized spacial score (nSPS) is 18.2. The summed E-state index contributed by atoms with van der Waals surface area (Å²) in [6.07, 6.45) is 5.81. The molecular weight excluding hydrogens is 333 g/mol. The van der Waals surface area contributed by atoms with E-state index >= 15 is 0 Å². The molecule has 0 bridgehead atoms. The SMILES string of the molecule is O=c1[nH]cnc(NCC2(CO)CCCC2)c1I. The van der Waals surface area contributed by atoms with E-state index in [0.29, 0.717) is 15.9 Å². The van der Waals surface area contributed by atoms with Crippen LogP contribution in [0.1, 0.15) is 25.7 Å². The lowest BCUT2D eigenvalue weighted by Crippen LogP contribution is -2.31. The third-order valence-electron chi connectivity index (χ3n) is 3.43. The summed E-state index contributed by atoms with van der Waals surface area (Å²) in [6, 6.07) is 0. The lowest BCUT2D eigenvalue weighted by molar-refractivity contribution is 0.142. The Bertz CT molecular complexity index is 441. The lowest BCUT2D eigenvalue weighted by Gasteiger charge is -2.26. The largest absolute Gasteiger partial charge is 0.396 e. The Morgan fingerprint density at radius 2 is 2.24 bits per heavy atom. The van der Waals surface area contributed by atoms with Gasteiger partial charge in [0, 0.05) is 12.0 Å². The first kappa shape index (κ1) is 12.8. The highest BCUT2D eigenvalue weighted by molar-refractivity contribution is 14.1. The summed E-state index contributed by atoms with van der Waals surface area (Å²) in [6.45, 7) is 0.871. The van der Waals surface area contributed by atoms with Crippen molar-refractivity contribution in [1.82, 2.24) is 9.97 Å². The fraction of sp³-hybridized carbons (Fsp3) is 0.636. The topological polar surface area (TPSA) is 78.0 Å². The van der Waals surface area contributed by atoms with E-state index in [0.717, 1.165) is 12.8 Å². The summed E-state index contributed by atoms with van der Waals surface area (Å²) >= 11 is 1.98. The average molecular weight is 349 g/mol. The number of H-pyrrole nitrogens is 1. The Kier molecular flexibility index (Phi) is 4.03. The fourth-order valence-electron chi connectivity index (χ4n) is 2.29. The number of hydrogen-bond acceptors (Lipinski definition) is 4. The number of nitrogens with one attached hydrogen (secondary N) is 2. The molecule has 1 aromatic heterocycles. The molecule has 0 unspecified atom stereocenters. The molecule has 0 spiro atoms. The maximum absolute atomic E-state index is 11.4. The van der Waals surface area contributed by atoms with E-state index in [1.54, 1.807) is 0 Å². The first-order valence-corrected chi connectivity index (χ1v) is 6.83. The van der Waals surface area contributed by atoms with Gasteiger partial charge in [0.25, 0.3) is 5.56 Å². The van der Waals surface area contributed by atoms with Gasteiger partial charge in [0.2, 0.25) is 0 Å². The van der Waals surface area contributed by atoms with Crippen molar-refractivity contribution < 1.29 is 5.11 Å². The Morgan fingerprint density at radius 3 is 2.88 bits per heavy atom. The number of hydrogen-bond donors (Lipinski definition) is 3. The van der Waals surface area contributed by atoms with Crippen LogP contribution in [0.15, 0.2) is 11.1 Å². The van der Waals surface area contributed by atoms with Crippen molar-refractivity contribution >= 4 is 28.4 Å². The van der Waals surface area contributed by atoms with E-state index < -0.39 is 0 Å². The number of nitrogens with zero attached hydrogens (tertiary/aromatic N) is 1. The zero-order valence-electron chi connectivity index (χ0n) is 9.50. The Balaban J connectivity index is 2.06. The number of aliphatic hydroxyl groups is 1. The molecule has 0 amide bonds. The van der Waals surface area contributed by atoms with E-state index in [1.807, 2.05) is 22.6 Å². The fourth-order valence-corrected chi connectivity index (χ4v) is 2.78. The smallest absolute Gasteiger partial charge is 0.266 e. The Labute approximate surface area is 113 Å². The number of aliphatic hydroxyl groups excluding tert-OH is 1. The van der Waals surface area contributed by atoms with Gasteiger partial charge in [-0.15, -0.1) is 0 Å². The van der Waals surface area contributed by atoms with Crippen LogP contribution in [-0.4, -0.2) is 28.2 Å². The van der Waals surface area contributed by atoms with Crippen molar-refractivity contribution in [2.24, 2.45) is 5.41 Å². The number of halogens is 1. The summed E-state index contributed by atoms with van der Waals surface area (Å²) in [7, 11) is 0. The van der Waals surface area contributed by atoms with Crippen molar-refractivity contribution in [2.45, 2.75) is 25.7 Å². The third-order valence-corrected chi connectivity index (χ3v) is 4.43. The average Bonchev–Trinajstić information content (AvgIpc) is 2.81. The lowest BCUT2D eigenvalue weighted by atomic mass is 9.87. The molecule has 6 heteroatoms. The van der Waals surface area contributed by atoms with Crippen LogP contribution in [0.4, 0.5) is 5.82 Å². The van der Waals surface area contributed by atoms with E-state index in [4.69, 9.17) is 0 Å². The molecule has 1 aromatic rings. The zero-order chi connectivity index (χ0) is 12.3. The molecule has 94 valence electrons. The maximum atomic E-state index is 11.4. The molecular formula is C11H16IN3O2. The van der Waals surface area contributed by atoms with Crippen LogP contribution in [0.2, 0.25) is 0 Å². The van der Waals surface area contributed by atoms with Gasteiger partial charge in [-0.1, -0.05) is 12.8 Å². The second kappa shape index (κ2) is 5.34. The second-order valence-corrected chi connectivity index (χ2v) is 5.69. The van der Waals surface area contributed by atoms with Gasteiger partial charge in [-0.25, -0.2) is 4.98 Å². The van der Waals surface area contributed by atoms with E-state index in [9.17, 15) is 9.90 Å². The number of anilines is 1. The number of aromatic nitrogens is 2. The molecule has 5 nitrogen and oxygen atoms in total. The first-order chi connectivity index (χ1) is 8.17. The maximum Gasteiger partial charge on any atom is 0.266 e. The van der Waals surface area contributed by atoms with Crippen LogP contribution in [0.3, 0.4) is 0 Å². The number of aromatic amines is 1. The summed E-state index contributed by atoms with van der Waals surface area (Å²) < 4.78 is 0.566. The first-order valence-electron chi connectivity index (χ1n) is 5.75. The standard InChI is InChI=1S/C11H16IN3O2/c12-8-9(14-7-15-10(8)17)13-5-11(6-16)3-1-2-4-11/h7,16H,1-6H2,(H2,13,14,15,17). The van der Waals surface area contributed by atoms with Gasteiger partial charge in [-0.3, -0.25) is 4.79 Å². The van der Waals surface area contributed by atoms with Crippen LogP contribution in [0.25, 0.3) is 0 Å². The summed E-state index contributed by atoms with van der Waals surface area (Å²) in [5, 5.41) is 12.7. The van der Waals surface area contributed by atoms with Crippen LogP contribution in [-0.2, 0) is 0 Å². The predicted octanol–water partition coefficient (Wildman–Crippen LogP) is 1.34. The van der Waals surface area contributed by atoms with Gasteiger partial charge >= 0.3 is 0 Å². The van der Waals surface area contributed by atoms with E-state index in [-0.39, 0.29) is 17.6 Å². The van der Waals surface area contributed by atoms with Crippen molar-refractivity contribution in [3.05, 3.63) is 20.3 Å². The third kappa shape index (κ3) is 2.79. The molecule has 1 aliphatic carbocycles. The van der Waals surface area contributed by atoms with Crippen molar-refractivity contribution in [1.29, 1.82) is 0 Å². The molecule has 0 aromatic carbocycles. The number of rotatable bonds is 4. The van der Waals surface area contributed by atoms with Crippen LogP contribution in [0, 0.1) is 8.99 Å². The Morgan fingerprint density at radius 1 is 1.53 bits per heavy atom. The minimum atomic E-state index is -0.132. The molecule has 1 heterocycles. The predicted molar refractivity (Wildman–Crippen MR) is 74.1 cm³/mol. The van der Waals surface area contributed by atoms with E-state index in [1.165, 1.54) is 19.2 Å². The molecule has 1 fully saturated rings. The van der Waals surface area contributed by atoms with E-state index in [2.05, 4.69) is 15.3 Å². The highest BCUT2D eigenvalue weighted by atomic mass is 127. The molecule has 1 aliphatic rings. The molecule has 0 aliphatic heterocycles. The molecule has 3 N–H and O–H groups in total. The van der Waals surface area contributed by atoms with Gasteiger partial charge in [-0.05, 0) is 35.4 Å². The van der Waals surface area contributed by atoms with Crippen LogP contribution in [0.5, 0.6) is 0 Å². The summed E-state index contributed by atoms with van der Waals surface area (Å²) in [5.74, 6) is 0.606. The van der Waals surface area contributed by atoms with Crippen LogP contribution >= 0.6 is 22.6 Å². The highest BCUT2D eigenvalue weighted by Crippen LogP contribution is 2.37. The molecule has 2 rings (SSSR count). The summed E-state index contributed by atoms with van der Waals surface area (Å²) in [5.41, 5.74) is -0.166. The van der Waals surface area contributed by atoms with Gasteiger partial charge in [-0.2, -0.15) is 0 Å². The van der Waals surface area contributed by atoms with Gasteiger partial charge in [0.1, 0.15) is 9.39 Å². The highest BCUT2D eigenvalue weighted by Gasteiger charge is 2.33. The molecule has 0 radical (unpaired) electrons. The van der Waals surface area contributed by atoms with Gasteiger partial charge in [0.15, 0.2) is 0 Å². The molecule has 1 saturated carbocycles. The second-order valence-electron chi connectivity index (χ2n) is 4.61. The van der Waals surface area contributed by atoms with Crippen molar-refractivity contribution in [3.8, 4) is 0 Å². The van der Waals surface area contributed by atoms with Gasteiger partial charge < -0.3 is 15.4 Å². The molecule has 17 heavy (non-hydrogen) atoms. The Hall–Kier alpha value is -0.630. The monoisotopic (exact) mass is 349 g/mol. The minimum Gasteiger partial charge on any atom is -0.396 e.